The van der Waals surface area contributed by atoms with Crippen molar-refractivity contribution in [2.24, 2.45) is 0 Å². The summed E-state index contributed by atoms with van der Waals surface area (Å²) in [5, 5.41) is 0. The van der Waals surface area contributed by atoms with Crippen molar-refractivity contribution in [3.8, 4) is 5.75 Å². The van der Waals surface area contributed by atoms with Crippen LogP contribution in [-0.2, 0) is 10.4 Å². The molecule has 0 aliphatic carbocycles. The molecule has 0 N–H and O–H groups in total. The molecule has 0 radical (unpaired) electrons. The monoisotopic (exact) mass is 382 g/mol. The van der Waals surface area contributed by atoms with E-state index in [2.05, 4.69) is 4.90 Å². The van der Waals surface area contributed by atoms with Crippen molar-refractivity contribution in [3.63, 3.8) is 0 Å². The van der Waals surface area contributed by atoms with Crippen LogP contribution in [0, 0.1) is 5.82 Å². The predicted octanol–water partition coefficient (Wildman–Crippen LogP) is 3.72. The Bertz CT molecular complexity index is 655. The number of hydrogen-bond donors (Lipinski definition) is 0. The van der Waals surface area contributed by atoms with Crippen molar-refractivity contribution in [3.05, 3.63) is 29.6 Å². The molecule has 0 spiro atoms. The predicted molar refractivity (Wildman–Crippen MR) is 98.2 cm³/mol. The van der Waals surface area contributed by atoms with Gasteiger partial charge < -0.3 is 14.4 Å². The Morgan fingerprint density at radius 2 is 1.89 bits per heavy atom. The lowest BCUT2D eigenvalue weighted by Crippen LogP contribution is -2.50. The molecule has 27 heavy (non-hydrogen) atoms. The van der Waals surface area contributed by atoms with Gasteiger partial charge in [-0.15, -0.1) is 0 Å². The number of halogens is 2. The molecule has 1 amide bonds. The number of carbonyl (C=O) groups excluding carboxylic acids is 1. The van der Waals surface area contributed by atoms with Crippen LogP contribution in [0.15, 0.2) is 18.2 Å². The first-order chi connectivity index (χ1) is 13.0. The van der Waals surface area contributed by atoms with Gasteiger partial charge in [-0.2, -0.15) is 0 Å². The molecule has 0 bridgehead atoms. The summed E-state index contributed by atoms with van der Waals surface area (Å²) in [6.45, 7) is 4.74. The molecule has 1 aromatic carbocycles. The van der Waals surface area contributed by atoms with E-state index in [0.717, 1.165) is 12.8 Å². The van der Waals surface area contributed by atoms with E-state index in [4.69, 9.17) is 9.47 Å². The van der Waals surface area contributed by atoms with Crippen molar-refractivity contribution in [2.45, 2.75) is 44.3 Å². The van der Waals surface area contributed by atoms with Crippen molar-refractivity contribution in [2.75, 3.05) is 39.9 Å². The standard InChI is InChI=1S/C20H28F2N2O3/c1-3-27-19(25)24-10-6-16(7-11-24)23-12-8-20(22,9-13-23)17-14-15(21)4-5-18(17)26-2/h4-5,14,16H,3,6-13H2,1-2H3. The Balaban J connectivity index is 1.58. The molecule has 0 unspecified atom stereocenters. The third-order valence-corrected chi connectivity index (χ3v) is 5.74. The van der Waals surface area contributed by atoms with Crippen LogP contribution in [0.5, 0.6) is 5.75 Å². The lowest BCUT2D eigenvalue weighted by molar-refractivity contribution is 0.0157. The van der Waals surface area contributed by atoms with Crippen LogP contribution in [0.25, 0.3) is 0 Å². The van der Waals surface area contributed by atoms with Crippen LogP contribution in [0.1, 0.15) is 38.2 Å². The highest BCUT2D eigenvalue weighted by atomic mass is 19.1. The fraction of sp³-hybridized carbons (Fsp3) is 0.650. The summed E-state index contributed by atoms with van der Waals surface area (Å²) in [7, 11) is 1.48. The zero-order valence-electron chi connectivity index (χ0n) is 16.0. The number of ether oxygens (including phenoxy) is 2. The van der Waals surface area contributed by atoms with Crippen LogP contribution >= 0.6 is 0 Å². The van der Waals surface area contributed by atoms with Crippen LogP contribution < -0.4 is 4.74 Å². The molecule has 2 aliphatic heterocycles. The average Bonchev–Trinajstić information content (AvgIpc) is 2.69. The van der Waals surface area contributed by atoms with Gasteiger partial charge in [0.2, 0.25) is 0 Å². The SMILES string of the molecule is CCOC(=O)N1CCC(N2CCC(F)(c3cc(F)ccc3OC)CC2)CC1. The van der Waals surface area contributed by atoms with E-state index in [1.165, 1.54) is 25.3 Å². The minimum Gasteiger partial charge on any atom is -0.496 e. The molecule has 3 rings (SSSR count). The van der Waals surface area contributed by atoms with E-state index in [-0.39, 0.29) is 6.09 Å². The van der Waals surface area contributed by atoms with Crippen LogP contribution in [0.3, 0.4) is 0 Å². The molecule has 2 fully saturated rings. The Morgan fingerprint density at radius 3 is 2.48 bits per heavy atom. The van der Waals surface area contributed by atoms with Gasteiger partial charge in [0.05, 0.1) is 13.7 Å². The quantitative estimate of drug-likeness (QED) is 0.796. The molecule has 150 valence electrons. The molecule has 2 aliphatic rings. The lowest BCUT2D eigenvalue weighted by atomic mass is 9.84. The number of benzene rings is 1. The Hall–Kier alpha value is -1.89. The number of alkyl halides is 1. The van der Waals surface area contributed by atoms with Crippen molar-refractivity contribution >= 4 is 6.09 Å². The zero-order valence-corrected chi connectivity index (χ0v) is 16.0. The normalized spacial score (nSPS) is 21.1. The van der Waals surface area contributed by atoms with Gasteiger partial charge in [0.1, 0.15) is 17.2 Å². The maximum absolute atomic E-state index is 15.6. The number of hydrogen-bond acceptors (Lipinski definition) is 4. The van der Waals surface area contributed by atoms with Crippen molar-refractivity contribution < 1.29 is 23.0 Å². The lowest BCUT2D eigenvalue weighted by Gasteiger charge is -2.43. The van der Waals surface area contributed by atoms with Crippen LogP contribution in [-0.4, -0.2) is 61.8 Å². The Labute approximate surface area is 159 Å². The highest BCUT2D eigenvalue weighted by molar-refractivity contribution is 5.67. The third kappa shape index (κ3) is 4.34. The maximum Gasteiger partial charge on any atom is 0.409 e. The molecule has 0 saturated carbocycles. The summed E-state index contributed by atoms with van der Waals surface area (Å²) in [4.78, 5) is 15.8. The number of rotatable bonds is 4. The number of piperidine rings is 2. The molecule has 7 heteroatoms. The summed E-state index contributed by atoms with van der Waals surface area (Å²) in [6.07, 6.45) is 2.09. The summed E-state index contributed by atoms with van der Waals surface area (Å²) in [5.41, 5.74) is -1.27. The zero-order chi connectivity index (χ0) is 19.4. The molecule has 0 aromatic heterocycles. The fourth-order valence-electron chi connectivity index (χ4n) is 4.17. The van der Waals surface area contributed by atoms with Gasteiger partial charge in [0.15, 0.2) is 0 Å². The number of amides is 1. The van der Waals surface area contributed by atoms with Gasteiger partial charge in [-0.25, -0.2) is 13.6 Å². The minimum atomic E-state index is -1.57. The van der Waals surface area contributed by atoms with E-state index in [1.807, 2.05) is 0 Å². The van der Waals surface area contributed by atoms with Crippen LogP contribution in [0.2, 0.25) is 0 Å². The van der Waals surface area contributed by atoms with Gasteiger partial charge in [0.25, 0.3) is 0 Å². The van der Waals surface area contributed by atoms with Crippen molar-refractivity contribution in [1.82, 2.24) is 9.80 Å². The summed E-state index contributed by atoms with van der Waals surface area (Å²) < 4.78 is 39.5. The van der Waals surface area contributed by atoms with Gasteiger partial charge >= 0.3 is 6.09 Å². The van der Waals surface area contributed by atoms with Crippen LogP contribution in [0.4, 0.5) is 13.6 Å². The highest BCUT2D eigenvalue weighted by Crippen LogP contribution is 2.42. The molecular formula is C20H28F2N2O3. The molecular weight excluding hydrogens is 354 g/mol. The summed E-state index contributed by atoms with van der Waals surface area (Å²) >= 11 is 0. The van der Waals surface area contributed by atoms with Crippen molar-refractivity contribution in [1.29, 1.82) is 0 Å². The molecule has 5 nitrogen and oxygen atoms in total. The second kappa shape index (κ2) is 8.42. The average molecular weight is 382 g/mol. The van der Waals surface area contributed by atoms with Gasteiger partial charge in [-0.05, 0) is 50.8 Å². The molecule has 0 atom stereocenters. The van der Waals surface area contributed by atoms with Gasteiger partial charge in [-0.1, -0.05) is 0 Å². The number of methoxy groups -OCH3 is 1. The van der Waals surface area contributed by atoms with E-state index in [0.29, 0.717) is 63.0 Å². The van der Waals surface area contributed by atoms with E-state index >= 15 is 4.39 Å². The second-order valence-corrected chi connectivity index (χ2v) is 7.26. The van der Waals surface area contributed by atoms with Gasteiger partial charge in [0, 0.05) is 37.8 Å². The summed E-state index contributed by atoms with van der Waals surface area (Å²) in [5.74, 6) is -0.0494. The Morgan fingerprint density at radius 1 is 1.22 bits per heavy atom. The van der Waals surface area contributed by atoms with E-state index in [1.54, 1.807) is 11.8 Å². The largest absolute Gasteiger partial charge is 0.496 e. The topological polar surface area (TPSA) is 42.0 Å². The summed E-state index contributed by atoms with van der Waals surface area (Å²) in [6, 6.07) is 4.38. The Kier molecular flexibility index (Phi) is 6.19. The maximum atomic E-state index is 15.6. The highest BCUT2D eigenvalue weighted by Gasteiger charge is 2.40. The fourth-order valence-corrected chi connectivity index (χ4v) is 4.17. The first kappa shape index (κ1) is 19.9. The number of carbonyl (C=O) groups is 1. The van der Waals surface area contributed by atoms with E-state index in [9.17, 15) is 9.18 Å². The van der Waals surface area contributed by atoms with Gasteiger partial charge in [-0.3, -0.25) is 4.90 Å². The third-order valence-electron chi connectivity index (χ3n) is 5.74. The molecule has 2 saturated heterocycles. The smallest absolute Gasteiger partial charge is 0.409 e. The number of nitrogens with zero attached hydrogens (tertiary/aromatic N) is 2. The molecule has 1 aromatic rings. The minimum absolute atomic E-state index is 0.254. The molecule has 2 heterocycles. The van der Waals surface area contributed by atoms with E-state index < -0.39 is 11.5 Å². The first-order valence-corrected chi connectivity index (χ1v) is 9.65. The number of likely N-dealkylation sites (tertiary alicyclic amines) is 2. The first-order valence-electron chi connectivity index (χ1n) is 9.65. The second-order valence-electron chi connectivity index (χ2n) is 7.26.